The number of benzene rings is 2. The molecule has 1 aromatic heterocycles. The summed E-state index contributed by atoms with van der Waals surface area (Å²) in [6.45, 7) is 4.69. The Labute approximate surface area is 179 Å². The molecule has 2 aromatic carbocycles. The van der Waals surface area contributed by atoms with Crippen molar-refractivity contribution < 1.29 is 14.3 Å². The first-order valence-electron chi connectivity index (χ1n) is 10.3. The zero-order chi connectivity index (χ0) is 22.0. The number of fused-ring (bicyclic) bond motifs is 2. The van der Waals surface area contributed by atoms with E-state index < -0.39 is 5.69 Å². The van der Waals surface area contributed by atoms with Gasteiger partial charge in [0.05, 0.1) is 10.9 Å². The number of para-hydroxylation sites is 1. The fourth-order valence-corrected chi connectivity index (χ4v) is 3.56. The van der Waals surface area contributed by atoms with E-state index in [1.165, 1.54) is 9.13 Å². The molecule has 0 unspecified atom stereocenters. The van der Waals surface area contributed by atoms with Crippen molar-refractivity contribution >= 4 is 16.8 Å². The van der Waals surface area contributed by atoms with Crippen LogP contribution in [0.1, 0.15) is 25.8 Å². The van der Waals surface area contributed by atoms with Gasteiger partial charge in [0.1, 0.15) is 6.54 Å². The van der Waals surface area contributed by atoms with Crippen LogP contribution < -0.4 is 26.0 Å². The second-order valence-electron chi connectivity index (χ2n) is 7.99. The molecular weight excluding hydrogens is 398 g/mol. The van der Waals surface area contributed by atoms with E-state index in [1.807, 2.05) is 26.0 Å². The van der Waals surface area contributed by atoms with Crippen molar-refractivity contribution in [1.82, 2.24) is 14.5 Å². The second kappa shape index (κ2) is 8.67. The lowest BCUT2D eigenvalue weighted by molar-refractivity contribution is -0.121. The van der Waals surface area contributed by atoms with Gasteiger partial charge in [-0.05, 0) is 42.2 Å². The Hall–Kier alpha value is -3.55. The molecule has 0 atom stereocenters. The van der Waals surface area contributed by atoms with Crippen LogP contribution in [0.15, 0.2) is 52.1 Å². The number of aromatic nitrogens is 2. The second-order valence-corrected chi connectivity index (χ2v) is 7.99. The fourth-order valence-electron chi connectivity index (χ4n) is 3.56. The molecule has 0 bridgehead atoms. The molecule has 162 valence electrons. The minimum atomic E-state index is -0.470. The van der Waals surface area contributed by atoms with Crippen LogP contribution in [0.2, 0.25) is 0 Å². The Kier molecular flexibility index (Phi) is 5.79. The first-order chi connectivity index (χ1) is 14.9. The summed E-state index contributed by atoms with van der Waals surface area (Å²) in [5.41, 5.74) is 0.522. The van der Waals surface area contributed by atoms with Gasteiger partial charge in [-0.25, -0.2) is 4.79 Å². The van der Waals surface area contributed by atoms with Crippen molar-refractivity contribution in [2.45, 2.75) is 39.9 Å². The third-order valence-electron chi connectivity index (χ3n) is 5.29. The lowest BCUT2D eigenvalue weighted by Gasteiger charge is -2.15. The molecule has 1 N–H and O–H groups in total. The third-order valence-corrected chi connectivity index (χ3v) is 5.29. The van der Waals surface area contributed by atoms with Crippen molar-refractivity contribution in [1.29, 1.82) is 0 Å². The molecule has 1 aliphatic rings. The predicted molar refractivity (Wildman–Crippen MR) is 116 cm³/mol. The number of rotatable bonds is 7. The number of hydrogen-bond donors (Lipinski definition) is 1. The maximum atomic E-state index is 13.1. The minimum absolute atomic E-state index is 0.175. The van der Waals surface area contributed by atoms with Gasteiger partial charge < -0.3 is 14.8 Å². The third kappa shape index (κ3) is 4.33. The first kappa shape index (κ1) is 20.7. The van der Waals surface area contributed by atoms with E-state index >= 15 is 0 Å². The van der Waals surface area contributed by atoms with Crippen LogP contribution >= 0.6 is 0 Å². The van der Waals surface area contributed by atoms with Gasteiger partial charge >= 0.3 is 5.69 Å². The van der Waals surface area contributed by atoms with E-state index in [-0.39, 0.29) is 31.3 Å². The molecule has 8 nitrogen and oxygen atoms in total. The van der Waals surface area contributed by atoms with Crippen LogP contribution in [0, 0.1) is 5.92 Å². The van der Waals surface area contributed by atoms with Crippen molar-refractivity contribution in [3.05, 3.63) is 68.9 Å². The van der Waals surface area contributed by atoms with Gasteiger partial charge in [-0.3, -0.25) is 18.7 Å². The van der Waals surface area contributed by atoms with E-state index in [9.17, 15) is 14.4 Å². The predicted octanol–water partition coefficient (Wildman–Crippen LogP) is 2.25. The number of nitrogens with zero attached hydrogens (tertiary/aromatic N) is 2. The Bertz CT molecular complexity index is 1240. The Morgan fingerprint density at radius 3 is 2.65 bits per heavy atom. The highest BCUT2D eigenvalue weighted by Crippen LogP contribution is 2.32. The summed E-state index contributed by atoms with van der Waals surface area (Å²) in [4.78, 5) is 38.6. The first-order valence-corrected chi connectivity index (χ1v) is 10.3. The monoisotopic (exact) mass is 423 g/mol. The number of ether oxygens (including phenoxy) is 2. The van der Waals surface area contributed by atoms with Crippen molar-refractivity contribution in [2.24, 2.45) is 5.92 Å². The average molecular weight is 423 g/mol. The smallest absolute Gasteiger partial charge is 0.331 e. The molecule has 1 aliphatic heterocycles. The minimum Gasteiger partial charge on any atom is -0.454 e. The highest BCUT2D eigenvalue weighted by atomic mass is 16.7. The summed E-state index contributed by atoms with van der Waals surface area (Å²) in [5, 5.41) is 3.26. The van der Waals surface area contributed by atoms with Gasteiger partial charge in [0.15, 0.2) is 11.5 Å². The van der Waals surface area contributed by atoms with E-state index in [4.69, 9.17) is 9.47 Å². The summed E-state index contributed by atoms with van der Waals surface area (Å²) in [6.07, 6.45) is 0.698. The van der Waals surface area contributed by atoms with Gasteiger partial charge in [-0.15, -0.1) is 0 Å². The van der Waals surface area contributed by atoms with Gasteiger partial charge in [-0.1, -0.05) is 32.0 Å². The summed E-state index contributed by atoms with van der Waals surface area (Å²) in [6, 6.07) is 12.3. The van der Waals surface area contributed by atoms with Gasteiger partial charge in [0.2, 0.25) is 12.7 Å². The standard InChI is InChI=1S/C23H25N3O5/c1-15(2)9-10-25-22(28)17-5-3-4-6-18(17)26(23(25)29)13-21(27)24-12-16-7-8-19-20(11-16)31-14-30-19/h3-8,11,15H,9-10,12-14H2,1-2H3,(H,24,27). The number of amides is 1. The fraction of sp³-hybridized carbons (Fsp3) is 0.348. The van der Waals surface area contributed by atoms with Crippen LogP contribution in [0.4, 0.5) is 0 Å². The maximum Gasteiger partial charge on any atom is 0.331 e. The van der Waals surface area contributed by atoms with Crippen LogP contribution in [-0.4, -0.2) is 21.8 Å². The summed E-state index contributed by atoms with van der Waals surface area (Å²) >= 11 is 0. The molecule has 0 aliphatic carbocycles. The molecule has 2 heterocycles. The number of hydrogen-bond acceptors (Lipinski definition) is 5. The lowest BCUT2D eigenvalue weighted by atomic mass is 10.1. The van der Waals surface area contributed by atoms with E-state index in [2.05, 4.69) is 5.32 Å². The topological polar surface area (TPSA) is 91.6 Å². The Balaban J connectivity index is 1.57. The molecule has 31 heavy (non-hydrogen) atoms. The highest BCUT2D eigenvalue weighted by molar-refractivity contribution is 5.81. The SMILES string of the molecule is CC(C)CCn1c(=O)c2ccccc2n(CC(=O)NCc2ccc3c(c2)OCO3)c1=O. The molecule has 1 amide bonds. The van der Waals surface area contributed by atoms with E-state index in [1.54, 1.807) is 30.3 Å². The quantitative estimate of drug-likeness (QED) is 0.629. The van der Waals surface area contributed by atoms with Crippen LogP contribution in [0.25, 0.3) is 10.9 Å². The van der Waals surface area contributed by atoms with Gasteiger partial charge in [0, 0.05) is 13.1 Å². The Morgan fingerprint density at radius 1 is 1.06 bits per heavy atom. The number of carbonyl (C=O) groups is 1. The molecule has 0 radical (unpaired) electrons. The molecule has 0 saturated heterocycles. The molecule has 0 fully saturated rings. The molecule has 8 heteroatoms. The Morgan fingerprint density at radius 2 is 1.84 bits per heavy atom. The van der Waals surface area contributed by atoms with Crippen molar-refractivity contribution in [2.75, 3.05) is 6.79 Å². The van der Waals surface area contributed by atoms with Gasteiger partial charge in [-0.2, -0.15) is 0 Å². The molecule has 0 spiro atoms. The normalized spacial score (nSPS) is 12.5. The molecule has 0 saturated carbocycles. The summed E-state index contributed by atoms with van der Waals surface area (Å²) < 4.78 is 13.2. The van der Waals surface area contributed by atoms with E-state index in [0.29, 0.717) is 41.3 Å². The largest absolute Gasteiger partial charge is 0.454 e. The summed E-state index contributed by atoms with van der Waals surface area (Å²) in [7, 11) is 0. The maximum absolute atomic E-state index is 13.1. The van der Waals surface area contributed by atoms with Gasteiger partial charge in [0.25, 0.3) is 5.56 Å². The van der Waals surface area contributed by atoms with Crippen molar-refractivity contribution in [3.63, 3.8) is 0 Å². The molecule has 3 aromatic rings. The van der Waals surface area contributed by atoms with Crippen LogP contribution in [0.3, 0.4) is 0 Å². The van der Waals surface area contributed by atoms with Crippen molar-refractivity contribution in [3.8, 4) is 11.5 Å². The zero-order valence-corrected chi connectivity index (χ0v) is 17.6. The average Bonchev–Trinajstić information content (AvgIpc) is 3.23. The molecular formula is C23H25N3O5. The lowest BCUT2D eigenvalue weighted by Crippen LogP contribution is -2.42. The number of carbonyl (C=O) groups excluding carboxylic acids is 1. The molecule has 4 rings (SSSR count). The highest BCUT2D eigenvalue weighted by Gasteiger charge is 2.16. The zero-order valence-electron chi connectivity index (χ0n) is 17.6. The van der Waals surface area contributed by atoms with Crippen LogP contribution in [-0.2, 0) is 24.4 Å². The van der Waals surface area contributed by atoms with Crippen LogP contribution in [0.5, 0.6) is 11.5 Å². The van der Waals surface area contributed by atoms with E-state index in [0.717, 1.165) is 5.56 Å². The number of nitrogens with one attached hydrogen (secondary N) is 1. The summed E-state index contributed by atoms with van der Waals surface area (Å²) in [5.74, 6) is 1.35.